The monoisotopic (exact) mass is 319 g/mol. The molecule has 1 aromatic rings. The summed E-state index contributed by atoms with van der Waals surface area (Å²) in [7, 11) is 0. The molecule has 5 heteroatoms. The molecule has 0 spiro atoms. The number of furan rings is 1. The van der Waals surface area contributed by atoms with Gasteiger partial charge in [-0.15, -0.1) is 0 Å². The second-order valence-corrected chi connectivity index (χ2v) is 5.89. The molecule has 0 bridgehead atoms. The molecule has 0 aromatic carbocycles. The van der Waals surface area contributed by atoms with Crippen molar-refractivity contribution in [2.45, 2.75) is 43.0 Å². The van der Waals surface area contributed by atoms with Gasteiger partial charge in [0.05, 0.1) is 0 Å². The molecule has 0 radical (unpaired) electrons. The molecule has 1 fully saturated rings. The first kappa shape index (κ1) is 13.0. The number of carbonyl (C=O) groups is 1. The summed E-state index contributed by atoms with van der Waals surface area (Å²) in [4.78, 5) is 12.2. The van der Waals surface area contributed by atoms with Gasteiger partial charge >= 0.3 is 0 Å². The molecular weight excluding hydrogens is 305 g/mol. The minimum atomic E-state index is -0.187. The molecule has 1 aliphatic rings. The van der Waals surface area contributed by atoms with Crippen LogP contribution in [0.25, 0.3) is 0 Å². The Bertz CT molecular complexity index is 394. The third kappa shape index (κ3) is 3.49. The fraction of sp³-hybridized carbons (Fsp3) is 0.583. The highest BCUT2D eigenvalue weighted by Gasteiger charge is 2.24. The lowest BCUT2D eigenvalue weighted by Gasteiger charge is -2.20. The second-order valence-electron chi connectivity index (χ2n) is 4.34. The Kier molecular flexibility index (Phi) is 4.51. The van der Waals surface area contributed by atoms with E-state index in [1.165, 1.54) is 12.8 Å². The van der Waals surface area contributed by atoms with E-state index in [0.29, 0.717) is 4.83 Å². The van der Waals surface area contributed by atoms with Crippen LogP contribution in [0, 0.1) is 0 Å². The molecule has 0 saturated heterocycles. The fourth-order valence-electron chi connectivity index (χ4n) is 2.10. The normalized spacial score (nSPS) is 25.3. The number of halogens is 2. The van der Waals surface area contributed by atoms with Crippen molar-refractivity contribution in [1.29, 1.82) is 0 Å². The van der Waals surface area contributed by atoms with Crippen LogP contribution in [0.15, 0.2) is 16.5 Å². The van der Waals surface area contributed by atoms with Crippen molar-refractivity contribution >= 4 is 33.4 Å². The van der Waals surface area contributed by atoms with E-state index < -0.39 is 0 Å². The number of rotatable bonds is 2. The summed E-state index contributed by atoms with van der Waals surface area (Å²) in [6.45, 7) is 0. The van der Waals surface area contributed by atoms with Crippen LogP contribution in [-0.2, 0) is 0 Å². The van der Waals surface area contributed by atoms with E-state index in [0.717, 1.165) is 19.3 Å². The maximum atomic E-state index is 11.9. The highest BCUT2D eigenvalue weighted by molar-refractivity contribution is 9.09. The summed E-state index contributed by atoms with van der Waals surface area (Å²) in [6, 6.07) is 3.35. The summed E-state index contributed by atoms with van der Waals surface area (Å²) in [5, 5.41) is 3.24. The van der Waals surface area contributed by atoms with Crippen LogP contribution in [0.4, 0.5) is 0 Å². The second kappa shape index (κ2) is 5.91. The van der Waals surface area contributed by atoms with Crippen LogP contribution in [0.5, 0.6) is 0 Å². The van der Waals surface area contributed by atoms with E-state index in [1.807, 2.05) is 0 Å². The van der Waals surface area contributed by atoms with Crippen LogP contribution in [0.1, 0.15) is 42.7 Å². The van der Waals surface area contributed by atoms with E-state index in [-0.39, 0.29) is 22.9 Å². The first-order chi connectivity index (χ1) is 8.16. The first-order valence-electron chi connectivity index (χ1n) is 5.87. The van der Waals surface area contributed by atoms with Crippen LogP contribution in [-0.4, -0.2) is 16.8 Å². The summed E-state index contributed by atoms with van der Waals surface area (Å²) in [5.74, 6) is 0.0900. The Morgan fingerprint density at radius 2 is 2.12 bits per heavy atom. The van der Waals surface area contributed by atoms with Gasteiger partial charge in [0.15, 0.2) is 11.0 Å². The highest BCUT2D eigenvalue weighted by atomic mass is 79.9. The predicted molar refractivity (Wildman–Crippen MR) is 70.8 cm³/mol. The van der Waals surface area contributed by atoms with Crippen LogP contribution >= 0.6 is 27.5 Å². The van der Waals surface area contributed by atoms with Crippen molar-refractivity contribution in [2.75, 3.05) is 0 Å². The molecule has 1 aliphatic carbocycles. The molecular formula is C12H15BrClNO2. The molecule has 2 rings (SSSR count). The van der Waals surface area contributed by atoms with Gasteiger partial charge in [0.25, 0.3) is 5.91 Å². The number of alkyl halides is 1. The van der Waals surface area contributed by atoms with Gasteiger partial charge in [0.2, 0.25) is 0 Å². The molecule has 1 heterocycles. The molecule has 1 N–H and O–H groups in total. The molecule has 0 aliphatic heterocycles. The average molecular weight is 321 g/mol. The molecule has 1 saturated carbocycles. The highest BCUT2D eigenvalue weighted by Crippen LogP contribution is 2.24. The van der Waals surface area contributed by atoms with Gasteiger partial charge in [0, 0.05) is 10.9 Å². The fourth-order valence-corrected chi connectivity index (χ4v) is 2.97. The van der Waals surface area contributed by atoms with Gasteiger partial charge in [-0.25, -0.2) is 0 Å². The van der Waals surface area contributed by atoms with Crippen molar-refractivity contribution in [3.8, 4) is 0 Å². The number of hydrogen-bond donors (Lipinski definition) is 1. The molecule has 94 valence electrons. The SMILES string of the molecule is O=C(NC1CCCCCC1Br)c1ccc(Cl)o1. The quantitative estimate of drug-likeness (QED) is 0.666. The lowest BCUT2D eigenvalue weighted by atomic mass is 10.1. The van der Waals surface area contributed by atoms with E-state index in [9.17, 15) is 4.79 Å². The van der Waals surface area contributed by atoms with Crippen molar-refractivity contribution in [2.24, 2.45) is 0 Å². The Balaban J connectivity index is 1.97. The van der Waals surface area contributed by atoms with Crippen molar-refractivity contribution < 1.29 is 9.21 Å². The maximum Gasteiger partial charge on any atom is 0.287 e. The van der Waals surface area contributed by atoms with Crippen LogP contribution in [0.2, 0.25) is 5.22 Å². The Morgan fingerprint density at radius 3 is 2.82 bits per heavy atom. The summed E-state index contributed by atoms with van der Waals surface area (Å²) in [6.07, 6.45) is 5.72. The Labute approximate surface area is 114 Å². The van der Waals surface area contributed by atoms with Gasteiger partial charge in [-0.2, -0.15) is 0 Å². The van der Waals surface area contributed by atoms with Crippen LogP contribution < -0.4 is 5.32 Å². The standard InChI is InChI=1S/C12H15BrClNO2/c13-8-4-2-1-3-5-9(8)15-12(16)10-6-7-11(14)17-10/h6-9H,1-5H2,(H,15,16). The molecule has 17 heavy (non-hydrogen) atoms. The van der Waals surface area contributed by atoms with Gasteiger partial charge in [-0.3, -0.25) is 4.79 Å². The van der Waals surface area contributed by atoms with E-state index >= 15 is 0 Å². The third-order valence-corrected chi connectivity index (χ3v) is 4.34. The summed E-state index contributed by atoms with van der Waals surface area (Å²) >= 11 is 9.29. The van der Waals surface area contributed by atoms with Gasteiger partial charge < -0.3 is 9.73 Å². The van der Waals surface area contributed by atoms with E-state index in [2.05, 4.69) is 21.2 Å². The number of amides is 1. The predicted octanol–water partition coefficient (Wildman–Crippen LogP) is 3.76. The Hall–Kier alpha value is -0.480. The minimum absolute atomic E-state index is 0.175. The zero-order valence-corrected chi connectivity index (χ0v) is 11.8. The lowest BCUT2D eigenvalue weighted by Crippen LogP contribution is -2.40. The smallest absolute Gasteiger partial charge is 0.287 e. The van der Waals surface area contributed by atoms with Gasteiger partial charge in [-0.05, 0) is 36.6 Å². The lowest BCUT2D eigenvalue weighted by molar-refractivity contribution is 0.0907. The Morgan fingerprint density at radius 1 is 1.35 bits per heavy atom. The van der Waals surface area contributed by atoms with E-state index in [1.54, 1.807) is 12.1 Å². The molecule has 2 unspecified atom stereocenters. The minimum Gasteiger partial charge on any atom is -0.440 e. The number of hydrogen-bond acceptors (Lipinski definition) is 2. The van der Waals surface area contributed by atoms with Gasteiger partial charge in [-0.1, -0.05) is 35.2 Å². The topological polar surface area (TPSA) is 42.2 Å². The van der Waals surface area contributed by atoms with Crippen LogP contribution in [0.3, 0.4) is 0 Å². The number of carbonyl (C=O) groups excluding carboxylic acids is 1. The van der Waals surface area contributed by atoms with Gasteiger partial charge in [0.1, 0.15) is 0 Å². The van der Waals surface area contributed by atoms with Crippen molar-refractivity contribution in [3.63, 3.8) is 0 Å². The third-order valence-electron chi connectivity index (χ3n) is 3.05. The van der Waals surface area contributed by atoms with E-state index in [4.69, 9.17) is 16.0 Å². The molecule has 1 amide bonds. The molecule has 2 atom stereocenters. The maximum absolute atomic E-state index is 11.9. The molecule has 3 nitrogen and oxygen atoms in total. The average Bonchev–Trinajstić information content (AvgIpc) is 2.63. The summed E-state index contributed by atoms with van der Waals surface area (Å²) in [5.41, 5.74) is 0. The summed E-state index contributed by atoms with van der Waals surface area (Å²) < 4.78 is 5.09. The zero-order valence-electron chi connectivity index (χ0n) is 9.42. The first-order valence-corrected chi connectivity index (χ1v) is 7.16. The van der Waals surface area contributed by atoms with Crippen molar-refractivity contribution in [3.05, 3.63) is 23.1 Å². The number of nitrogens with one attached hydrogen (secondary N) is 1. The largest absolute Gasteiger partial charge is 0.440 e. The van der Waals surface area contributed by atoms with Crippen molar-refractivity contribution in [1.82, 2.24) is 5.32 Å². The molecule has 1 aromatic heterocycles. The zero-order chi connectivity index (χ0) is 12.3.